The van der Waals surface area contributed by atoms with Crippen molar-refractivity contribution < 1.29 is 4.79 Å². The van der Waals surface area contributed by atoms with Gasteiger partial charge in [-0.05, 0) is 41.6 Å². The molecule has 0 saturated heterocycles. The minimum Gasteiger partial charge on any atom is -0.288 e. The van der Waals surface area contributed by atoms with Crippen LogP contribution in [0.15, 0.2) is 40.4 Å². The number of Topliss-reactive ketones (excluding diaryl/α,β-unsaturated/α-hetero) is 1. The molecule has 0 atom stereocenters. The summed E-state index contributed by atoms with van der Waals surface area (Å²) in [5.41, 5.74) is 2.05. The molecule has 0 aromatic heterocycles. The molecule has 0 spiro atoms. The van der Waals surface area contributed by atoms with Crippen molar-refractivity contribution in [3.05, 3.63) is 46.0 Å². The van der Waals surface area contributed by atoms with E-state index < -0.39 is 0 Å². The summed E-state index contributed by atoms with van der Waals surface area (Å²) < 4.78 is 0.784. The van der Waals surface area contributed by atoms with Gasteiger partial charge < -0.3 is 0 Å². The Balaban J connectivity index is 2.25. The van der Waals surface area contributed by atoms with Gasteiger partial charge in [0, 0.05) is 5.56 Å². The number of ketones is 1. The van der Waals surface area contributed by atoms with Crippen molar-refractivity contribution in [2.45, 2.75) is 25.7 Å². The quantitative estimate of drug-likeness (QED) is 0.581. The predicted molar refractivity (Wildman–Crippen MR) is 65.2 cm³/mol. The molecule has 0 heterocycles. The highest BCUT2D eigenvalue weighted by Crippen LogP contribution is 2.31. The van der Waals surface area contributed by atoms with Crippen molar-refractivity contribution in [3.8, 4) is 0 Å². The number of hydrogen-bond donors (Lipinski definition) is 0. The second kappa shape index (κ2) is 4.75. The lowest BCUT2D eigenvalue weighted by atomic mass is 10.1. The highest BCUT2D eigenvalue weighted by molar-refractivity contribution is 9.12. The number of carbonyl (C=O) groups excluding carboxylic acids is 1. The molecule has 1 fully saturated rings. The van der Waals surface area contributed by atoms with Gasteiger partial charge in [0.1, 0.15) is 0 Å². The van der Waals surface area contributed by atoms with E-state index in [1.54, 1.807) is 0 Å². The highest BCUT2D eigenvalue weighted by atomic mass is 79.9. The molecule has 0 bridgehead atoms. The Morgan fingerprint density at radius 2 is 1.67 bits per heavy atom. The maximum Gasteiger partial charge on any atom is 0.199 e. The zero-order valence-electron chi connectivity index (χ0n) is 8.50. The molecule has 1 aliphatic carbocycles. The van der Waals surface area contributed by atoms with Crippen LogP contribution in [0.25, 0.3) is 0 Å². The summed E-state index contributed by atoms with van der Waals surface area (Å²) >= 11 is 3.44. The Hall–Kier alpha value is -0.890. The third kappa shape index (κ3) is 2.37. The van der Waals surface area contributed by atoms with E-state index >= 15 is 0 Å². The van der Waals surface area contributed by atoms with Crippen LogP contribution in [-0.4, -0.2) is 5.78 Å². The number of allylic oxidation sites excluding steroid dienone is 2. The van der Waals surface area contributed by atoms with E-state index in [-0.39, 0.29) is 5.78 Å². The van der Waals surface area contributed by atoms with Crippen LogP contribution in [0.4, 0.5) is 0 Å². The lowest BCUT2D eigenvalue weighted by Crippen LogP contribution is -2.00. The fraction of sp³-hybridized carbons (Fsp3) is 0.308. The minimum atomic E-state index is 0.118. The van der Waals surface area contributed by atoms with Gasteiger partial charge in [-0.15, -0.1) is 0 Å². The van der Waals surface area contributed by atoms with Crippen LogP contribution < -0.4 is 0 Å². The van der Waals surface area contributed by atoms with Crippen LogP contribution >= 0.6 is 15.9 Å². The molecule has 1 aliphatic rings. The van der Waals surface area contributed by atoms with Crippen LogP contribution in [-0.2, 0) is 0 Å². The molecule has 1 aromatic rings. The molecule has 0 unspecified atom stereocenters. The molecular weight excluding hydrogens is 252 g/mol. The van der Waals surface area contributed by atoms with E-state index in [1.165, 1.54) is 18.4 Å². The standard InChI is InChI=1S/C13H13BrO/c14-12(10-6-4-5-7-10)13(15)11-8-2-1-3-9-11/h1-3,8-9H,4-7H2. The van der Waals surface area contributed by atoms with Gasteiger partial charge in [-0.3, -0.25) is 4.79 Å². The Morgan fingerprint density at radius 3 is 2.27 bits per heavy atom. The third-order valence-electron chi connectivity index (χ3n) is 2.75. The van der Waals surface area contributed by atoms with Crippen LogP contribution in [0.1, 0.15) is 36.0 Å². The fourth-order valence-corrected chi connectivity index (χ4v) is 2.52. The molecule has 1 nitrogen and oxygen atoms in total. The first-order valence-electron chi connectivity index (χ1n) is 5.26. The van der Waals surface area contributed by atoms with E-state index in [1.807, 2.05) is 30.3 Å². The first kappa shape index (κ1) is 10.6. The second-order valence-corrected chi connectivity index (χ2v) is 4.61. The van der Waals surface area contributed by atoms with Crippen LogP contribution in [0, 0.1) is 0 Å². The predicted octanol–water partition coefficient (Wildman–Crippen LogP) is 4.09. The van der Waals surface area contributed by atoms with Crippen molar-refractivity contribution in [1.82, 2.24) is 0 Å². The van der Waals surface area contributed by atoms with Gasteiger partial charge in [0.15, 0.2) is 5.78 Å². The first-order valence-corrected chi connectivity index (χ1v) is 6.05. The Morgan fingerprint density at radius 1 is 1.07 bits per heavy atom. The summed E-state index contributed by atoms with van der Waals surface area (Å²) in [6.45, 7) is 0. The lowest BCUT2D eigenvalue weighted by molar-refractivity contribution is 0.104. The molecule has 0 N–H and O–H groups in total. The molecule has 0 amide bonds. The summed E-state index contributed by atoms with van der Waals surface area (Å²) in [6, 6.07) is 9.44. The van der Waals surface area contributed by atoms with Crippen molar-refractivity contribution in [2.24, 2.45) is 0 Å². The van der Waals surface area contributed by atoms with Crippen LogP contribution in [0.5, 0.6) is 0 Å². The van der Waals surface area contributed by atoms with Crippen molar-refractivity contribution in [3.63, 3.8) is 0 Å². The zero-order chi connectivity index (χ0) is 10.7. The summed E-state index contributed by atoms with van der Waals surface area (Å²) in [4.78, 5) is 12.0. The molecule has 1 aromatic carbocycles. The second-order valence-electron chi connectivity index (χ2n) is 3.82. The third-order valence-corrected chi connectivity index (χ3v) is 3.67. The van der Waals surface area contributed by atoms with Crippen molar-refractivity contribution >= 4 is 21.7 Å². The van der Waals surface area contributed by atoms with Crippen molar-refractivity contribution in [1.29, 1.82) is 0 Å². The zero-order valence-corrected chi connectivity index (χ0v) is 10.1. The van der Waals surface area contributed by atoms with E-state index in [0.29, 0.717) is 0 Å². The van der Waals surface area contributed by atoms with Gasteiger partial charge in [-0.25, -0.2) is 0 Å². The number of carbonyl (C=O) groups is 1. The smallest absolute Gasteiger partial charge is 0.199 e. The molecule has 0 radical (unpaired) electrons. The molecule has 15 heavy (non-hydrogen) atoms. The van der Waals surface area contributed by atoms with E-state index in [2.05, 4.69) is 15.9 Å². The molecule has 2 rings (SSSR count). The Bertz CT molecular complexity index is 384. The SMILES string of the molecule is O=C(C(Br)=C1CCCC1)c1ccccc1. The number of rotatable bonds is 2. The maximum atomic E-state index is 12.0. The molecule has 0 aliphatic heterocycles. The Kier molecular flexibility index (Phi) is 3.37. The van der Waals surface area contributed by atoms with E-state index in [0.717, 1.165) is 22.9 Å². The van der Waals surface area contributed by atoms with Crippen LogP contribution in [0.2, 0.25) is 0 Å². The average molecular weight is 265 g/mol. The first-order chi connectivity index (χ1) is 7.29. The van der Waals surface area contributed by atoms with Gasteiger partial charge >= 0.3 is 0 Å². The topological polar surface area (TPSA) is 17.1 Å². The molecule has 78 valence electrons. The summed E-state index contributed by atoms with van der Waals surface area (Å²) in [5, 5.41) is 0. The monoisotopic (exact) mass is 264 g/mol. The maximum absolute atomic E-state index is 12.0. The lowest BCUT2D eigenvalue weighted by Gasteiger charge is -2.03. The summed E-state index contributed by atoms with van der Waals surface area (Å²) in [6.07, 6.45) is 4.57. The van der Waals surface area contributed by atoms with Gasteiger partial charge in [-0.2, -0.15) is 0 Å². The van der Waals surface area contributed by atoms with E-state index in [9.17, 15) is 4.79 Å². The van der Waals surface area contributed by atoms with Crippen molar-refractivity contribution in [2.75, 3.05) is 0 Å². The fourth-order valence-electron chi connectivity index (χ4n) is 1.90. The van der Waals surface area contributed by atoms with Gasteiger partial charge in [0.2, 0.25) is 0 Å². The molecule has 1 saturated carbocycles. The van der Waals surface area contributed by atoms with Crippen LogP contribution in [0.3, 0.4) is 0 Å². The summed E-state index contributed by atoms with van der Waals surface area (Å²) in [7, 11) is 0. The largest absolute Gasteiger partial charge is 0.288 e. The molecule has 2 heteroatoms. The Labute approximate surface area is 98.3 Å². The average Bonchev–Trinajstić information content (AvgIpc) is 2.82. The van der Waals surface area contributed by atoms with E-state index in [4.69, 9.17) is 0 Å². The van der Waals surface area contributed by atoms with Gasteiger partial charge in [0.05, 0.1) is 4.48 Å². The highest BCUT2D eigenvalue weighted by Gasteiger charge is 2.17. The van der Waals surface area contributed by atoms with Gasteiger partial charge in [0.25, 0.3) is 0 Å². The normalized spacial score (nSPS) is 15.4. The minimum absolute atomic E-state index is 0.118. The summed E-state index contributed by atoms with van der Waals surface area (Å²) in [5.74, 6) is 0.118. The number of hydrogen-bond acceptors (Lipinski definition) is 1. The van der Waals surface area contributed by atoms with Gasteiger partial charge in [-0.1, -0.05) is 35.9 Å². The number of benzene rings is 1. The molecular formula is C13H13BrO. The number of halogens is 1.